The van der Waals surface area contributed by atoms with Gasteiger partial charge in [0.1, 0.15) is 5.52 Å². The summed E-state index contributed by atoms with van der Waals surface area (Å²) in [6.07, 6.45) is 3.16. The highest BCUT2D eigenvalue weighted by Crippen LogP contribution is 2.17. The van der Waals surface area contributed by atoms with Crippen LogP contribution in [0.4, 0.5) is 0 Å². The maximum atomic E-state index is 11.9. The average molecular weight is 322 g/mol. The van der Waals surface area contributed by atoms with Crippen LogP contribution in [0, 0.1) is 0 Å². The highest BCUT2D eigenvalue weighted by atomic mass is 79.9. The minimum absolute atomic E-state index is 0.248. The molecule has 0 radical (unpaired) electrons. The summed E-state index contributed by atoms with van der Waals surface area (Å²) in [4.78, 5) is 30.3. The van der Waals surface area contributed by atoms with Crippen molar-refractivity contribution in [3.05, 3.63) is 44.9 Å². The Morgan fingerprint density at radius 3 is 3.00 bits per heavy atom. The van der Waals surface area contributed by atoms with Crippen molar-refractivity contribution in [3.8, 4) is 0 Å². The summed E-state index contributed by atoms with van der Waals surface area (Å²) >= 11 is 3.32. The maximum Gasteiger partial charge on any atom is 0.339 e. The van der Waals surface area contributed by atoms with Crippen LogP contribution < -0.4 is 5.56 Å². The molecule has 0 amide bonds. The number of H-pyrrole nitrogens is 1. The summed E-state index contributed by atoms with van der Waals surface area (Å²) in [7, 11) is 1.29. The number of aromatic amines is 1. The lowest BCUT2D eigenvalue weighted by Gasteiger charge is -2.03. The molecule has 0 aromatic carbocycles. The van der Waals surface area contributed by atoms with Crippen LogP contribution in [0.15, 0.2) is 33.8 Å². The molecule has 3 aromatic rings. The van der Waals surface area contributed by atoms with Gasteiger partial charge in [-0.25, -0.2) is 9.78 Å². The van der Waals surface area contributed by atoms with Crippen molar-refractivity contribution in [2.45, 2.75) is 0 Å². The Morgan fingerprint density at radius 1 is 1.47 bits per heavy atom. The highest BCUT2D eigenvalue weighted by Gasteiger charge is 2.11. The van der Waals surface area contributed by atoms with E-state index in [1.807, 2.05) is 0 Å². The zero-order chi connectivity index (χ0) is 13.6. The van der Waals surface area contributed by atoms with Gasteiger partial charge in [-0.15, -0.1) is 0 Å². The fraction of sp³-hybridized carbons (Fsp3) is 0.0833. The number of rotatable bonds is 1. The molecular weight excluding hydrogens is 314 g/mol. The van der Waals surface area contributed by atoms with Gasteiger partial charge in [0.05, 0.1) is 18.2 Å². The molecule has 1 N–H and O–H groups in total. The van der Waals surface area contributed by atoms with Crippen LogP contribution >= 0.6 is 15.9 Å². The minimum Gasteiger partial charge on any atom is -0.465 e. The van der Waals surface area contributed by atoms with Crippen molar-refractivity contribution < 1.29 is 9.53 Å². The third kappa shape index (κ3) is 1.82. The van der Waals surface area contributed by atoms with E-state index in [0.717, 1.165) is 4.47 Å². The van der Waals surface area contributed by atoms with Crippen LogP contribution in [-0.4, -0.2) is 27.4 Å². The molecule has 0 aliphatic heterocycles. The lowest BCUT2D eigenvalue weighted by atomic mass is 10.2. The predicted molar refractivity (Wildman–Crippen MR) is 72.4 cm³/mol. The molecule has 0 bridgehead atoms. The molecule has 3 aromatic heterocycles. The second-order valence-corrected chi connectivity index (χ2v) is 4.87. The number of carbonyl (C=O) groups is 1. The number of hydrogen-bond donors (Lipinski definition) is 1. The maximum absolute atomic E-state index is 11.9. The van der Waals surface area contributed by atoms with Crippen LogP contribution in [0.25, 0.3) is 16.7 Å². The molecule has 0 saturated heterocycles. The number of fused-ring (bicyclic) bond motifs is 3. The zero-order valence-corrected chi connectivity index (χ0v) is 11.4. The molecule has 3 heterocycles. The molecule has 0 spiro atoms. The molecule has 7 heteroatoms. The van der Waals surface area contributed by atoms with E-state index >= 15 is 0 Å². The van der Waals surface area contributed by atoms with E-state index in [4.69, 9.17) is 0 Å². The first-order chi connectivity index (χ1) is 9.10. The van der Waals surface area contributed by atoms with E-state index in [1.165, 1.54) is 13.3 Å². The predicted octanol–water partition coefficient (Wildman–Crippen LogP) is 1.72. The van der Waals surface area contributed by atoms with Gasteiger partial charge in [-0.2, -0.15) is 0 Å². The zero-order valence-electron chi connectivity index (χ0n) is 9.81. The molecule has 96 valence electrons. The number of ether oxygens (including phenoxy) is 1. The van der Waals surface area contributed by atoms with E-state index < -0.39 is 5.97 Å². The first-order valence-corrected chi connectivity index (χ1v) is 6.17. The first-order valence-electron chi connectivity index (χ1n) is 5.38. The van der Waals surface area contributed by atoms with Crippen molar-refractivity contribution in [2.24, 2.45) is 0 Å². The van der Waals surface area contributed by atoms with E-state index in [0.29, 0.717) is 16.7 Å². The minimum atomic E-state index is -0.496. The van der Waals surface area contributed by atoms with Crippen LogP contribution in [0.5, 0.6) is 0 Å². The van der Waals surface area contributed by atoms with Crippen LogP contribution in [0.3, 0.4) is 0 Å². The van der Waals surface area contributed by atoms with E-state index in [-0.39, 0.29) is 11.1 Å². The molecule has 0 saturated carbocycles. The Morgan fingerprint density at radius 2 is 2.26 bits per heavy atom. The molecule has 0 aliphatic rings. The van der Waals surface area contributed by atoms with Gasteiger partial charge in [0.25, 0.3) is 5.56 Å². The van der Waals surface area contributed by atoms with Gasteiger partial charge in [-0.05, 0) is 28.1 Å². The number of nitrogens with zero attached hydrogens (tertiary/aromatic N) is 2. The first kappa shape index (κ1) is 11.9. The number of carbonyl (C=O) groups excluding carboxylic acids is 1. The number of methoxy groups -OCH3 is 1. The molecule has 3 rings (SSSR count). The van der Waals surface area contributed by atoms with Crippen LogP contribution in [-0.2, 0) is 4.74 Å². The Balaban J connectivity index is 2.39. The molecule has 19 heavy (non-hydrogen) atoms. The summed E-state index contributed by atoms with van der Waals surface area (Å²) in [6, 6.07) is 3.25. The van der Waals surface area contributed by atoms with Gasteiger partial charge in [0, 0.05) is 16.9 Å². The second-order valence-electron chi connectivity index (χ2n) is 3.95. The number of nitrogens with one attached hydrogen (secondary N) is 1. The Hall–Kier alpha value is -2.15. The number of aromatic nitrogens is 3. The van der Waals surface area contributed by atoms with Gasteiger partial charge in [0.15, 0.2) is 5.65 Å². The van der Waals surface area contributed by atoms with E-state index in [1.54, 1.807) is 22.7 Å². The molecule has 0 atom stereocenters. The smallest absolute Gasteiger partial charge is 0.339 e. The Labute approximate surface area is 115 Å². The molecule has 0 unspecified atom stereocenters. The third-order valence-electron chi connectivity index (χ3n) is 2.78. The van der Waals surface area contributed by atoms with Crippen LogP contribution in [0.1, 0.15) is 10.4 Å². The SMILES string of the molecule is COC(=O)c1cnc2c(c1)[nH]c(=O)c1cc(Br)cn12. The fourth-order valence-corrected chi connectivity index (χ4v) is 2.36. The van der Waals surface area contributed by atoms with Crippen molar-refractivity contribution in [1.29, 1.82) is 0 Å². The van der Waals surface area contributed by atoms with Crippen molar-refractivity contribution in [2.75, 3.05) is 7.11 Å². The number of hydrogen-bond acceptors (Lipinski definition) is 4. The average Bonchev–Trinajstić information content (AvgIpc) is 2.80. The highest BCUT2D eigenvalue weighted by molar-refractivity contribution is 9.10. The standard InChI is InChI=1S/C12H8BrN3O3/c1-19-12(18)6-2-8-10(14-4-6)16-5-7(13)3-9(16)11(17)15-8/h2-5H,1H3,(H,15,17). The van der Waals surface area contributed by atoms with E-state index in [2.05, 4.69) is 30.6 Å². The summed E-state index contributed by atoms with van der Waals surface area (Å²) < 4.78 is 7.07. The van der Waals surface area contributed by atoms with Gasteiger partial charge in [-0.3, -0.25) is 9.20 Å². The second kappa shape index (κ2) is 4.20. The molecular formula is C12H8BrN3O3. The van der Waals surface area contributed by atoms with Crippen molar-refractivity contribution in [3.63, 3.8) is 0 Å². The van der Waals surface area contributed by atoms with Gasteiger partial charge >= 0.3 is 5.97 Å². The van der Waals surface area contributed by atoms with Crippen molar-refractivity contribution in [1.82, 2.24) is 14.4 Å². The topological polar surface area (TPSA) is 76.5 Å². The Kier molecular flexibility index (Phi) is 2.63. The van der Waals surface area contributed by atoms with Crippen molar-refractivity contribution >= 4 is 38.6 Å². The summed E-state index contributed by atoms with van der Waals surface area (Å²) in [6.45, 7) is 0. The lowest BCUT2D eigenvalue weighted by Crippen LogP contribution is -2.11. The molecule has 6 nitrogen and oxygen atoms in total. The van der Waals surface area contributed by atoms with Gasteiger partial charge < -0.3 is 9.72 Å². The fourth-order valence-electron chi connectivity index (χ4n) is 1.94. The summed E-state index contributed by atoms with van der Waals surface area (Å²) in [5.74, 6) is -0.496. The van der Waals surface area contributed by atoms with Gasteiger partial charge in [0.2, 0.25) is 0 Å². The van der Waals surface area contributed by atoms with Crippen LogP contribution in [0.2, 0.25) is 0 Å². The normalized spacial score (nSPS) is 11.1. The Bertz CT molecular complexity index is 866. The lowest BCUT2D eigenvalue weighted by molar-refractivity contribution is 0.0600. The third-order valence-corrected chi connectivity index (χ3v) is 3.22. The quantitative estimate of drug-likeness (QED) is 0.692. The molecule has 0 aliphatic carbocycles. The summed E-state index contributed by atoms with van der Waals surface area (Å²) in [5, 5.41) is 0. The number of esters is 1. The number of halogens is 1. The summed E-state index contributed by atoms with van der Waals surface area (Å²) in [5.41, 5.74) is 1.56. The van der Waals surface area contributed by atoms with Gasteiger partial charge in [-0.1, -0.05) is 0 Å². The number of pyridine rings is 1. The largest absolute Gasteiger partial charge is 0.465 e. The van der Waals surface area contributed by atoms with E-state index in [9.17, 15) is 9.59 Å². The monoisotopic (exact) mass is 321 g/mol. The molecule has 0 fully saturated rings.